The summed E-state index contributed by atoms with van der Waals surface area (Å²) in [7, 11) is 0. The zero-order chi connectivity index (χ0) is 18.0. The van der Waals surface area contributed by atoms with Gasteiger partial charge in [-0.05, 0) is 18.2 Å². The van der Waals surface area contributed by atoms with E-state index in [-0.39, 0.29) is 17.1 Å². The molecule has 6 nitrogen and oxygen atoms in total. The summed E-state index contributed by atoms with van der Waals surface area (Å²) >= 11 is 6.12. The number of aromatic amines is 2. The summed E-state index contributed by atoms with van der Waals surface area (Å²) in [6.45, 7) is 0. The van der Waals surface area contributed by atoms with Crippen LogP contribution in [0.4, 0.5) is 5.82 Å². The number of phenols is 1. The number of fused-ring (bicyclic) bond motifs is 3. The number of anilines is 1. The van der Waals surface area contributed by atoms with Gasteiger partial charge in [0.05, 0.1) is 17.2 Å². The molecule has 1 aromatic heterocycles. The van der Waals surface area contributed by atoms with Crippen LogP contribution in [0.1, 0.15) is 33.0 Å². The van der Waals surface area contributed by atoms with Crippen LogP contribution in [-0.4, -0.2) is 21.1 Å². The second-order valence-corrected chi connectivity index (χ2v) is 6.73. The van der Waals surface area contributed by atoms with Crippen molar-refractivity contribution in [2.75, 3.05) is 5.32 Å². The topological polar surface area (TPSA) is 98.0 Å². The van der Waals surface area contributed by atoms with E-state index in [1.807, 2.05) is 12.1 Å². The number of aromatic hydroxyl groups is 1. The third kappa shape index (κ3) is 1.87. The number of Topliss-reactive ketones (excluding diaryl/α,β-unsaturated/α-hetero) is 1. The minimum Gasteiger partial charge on any atom is -0.508 e. The quantitative estimate of drug-likeness (QED) is 0.532. The summed E-state index contributed by atoms with van der Waals surface area (Å²) in [6, 6.07) is 11.9. The van der Waals surface area contributed by atoms with E-state index in [1.54, 1.807) is 24.3 Å². The van der Waals surface area contributed by atoms with E-state index in [1.165, 1.54) is 6.07 Å². The molecule has 0 spiro atoms. The van der Waals surface area contributed by atoms with Gasteiger partial charge in [0.25, 0.3) is 5.56 Å². The number of carbonyl (C=O) groups is 1. The van der Waals surface area contributed by atoms with Crippen LogP contribution in [0.3, 0.4) is 0 Å². The number of rotatable bonds is 1. The van der Waals surface area contributed by atoms with Crippen LogP contribution < -0.4 is 10.9 Å². The monoisotopic (exact) mass is 365 g/mol. The number of benzene rings is 2. The van der Waals surface area contributed by atoms with Crippen molar-refractivity contribution >= 4 is 28.9 Å². The molecule has 0 saturated heterocycles. The van der Waals surface area contributed by atoms with Gasteiger partial charge in [-0.3, -0.25) is 19.8 Å². The first-order valence-electron chi connectivity index (χ1n) is 8.00. The second-order valence-electron chi connectivity index (χ2n) is 6.29. The Labute approximate surface area is 152 Å². The number of nitrogens with one attached hydrogen (secondary N) is 3. The Balaban J connectivity index is 1.84. The first-order chi connectivity index (χ1) is 12.6. The number of halogens is 1. The van der Waals surface area contributed by atoms with Gasteiger partial charge < -0.3 is 10.4 Å². The number of carbonyl (C=O) groups excluding carboxylic acids is 1. The number of ketones is 1. The molecule has 0 amide bonds. The van der Waals surface area contributed by atoms with E-state index in [4.69, 9.17) is 11.6 Å². The molecular weight excluding hydrogens is 354 g/mol. The minimum atomic E-state index is -0.727. The van der Waals surface area contributed by atoms with E-state index in [0.29, 0.717) is 38.8 Å². The molecule has 1 atom stereocenters. The van der Waals surface area contributed by atoms with Crippen LogP contribution in [-0.2, 0) is 0 Å². The Morgan fingerprint density at radius 3 is 2.58 bits per heavy atom. The Morgan fingerprint density at radius 1 is 1.00 bits per heavy atom. The predicted octanol–water partition coefficient (Wildman–Crippen LogP) is 3.23. The molecule has 1 aliphatic heterocycles. The molecule has 7 heteroatoms. The van der Waals surface area contributed by atoms with Gasteiger partial charge in [0.15, 0.2) is 5.78 Å². The van der Waals surface area contributed by atoms with Crippen LogP contribution in [0.2, 0.25) is 5.02 Å². The average Bonchev–Trinajstić information content (AvgIpc) is 3.15. The Hall–Kier alpha value is -3.25. The number of allylic oxidation sites excluding steroid dienone is 1. The highest BCUT2D eigenvalue weighted by molar-refractivity contribution is 6.30. The molecule has 4 N–H and O–H groups in total. The minimum absolute atomic E-state index is 0.0246. The van der Waals surface area contributed by atoms with Crippen molar-refractivity contribution in [3.63, 3.8) is 0 Å². The molecule has 5 rings (SSSR count). The van der Waals surface area contributed by atoms with Crippen LogP contribution in [0, 0.1) is 0 Å². The van der Waals surface area contributed by atoms with E-state index in [2.05, 4.69) is 15.5 Å². The molecule has 2 aliphatic rings. The van der Waals surface area contributed by atoms with E-state index >= 15 is 0 Å². The van der Waals surface area contributed by atoms with E-state index < -0.39 is 5.92 Å². The van der Waals surface area contributed by atoms with Gasteiger partial charge in [-0.25, -0.2) is 0 Å². The number of hydrogen-bond donors (Lipinski definition) is 4. The van der Waals surface area contributed by atoms with Crippen LogP contribution in [0.25, 0.3) is 5.70 Å². The van der Waals surface area contributed by atoms with E-state index in [0.717, 1.165) is 5.56 Å². The van der Waals surface area contributed by atoms with Crippen LogP contribution >= 0.6 is 11.6 Å². The number of H-pyrrole nitrogens is 2. The van der Waals surface area contributed by atoms with Crippen molar-refractivity contribution in [1.29, 1.82) is 0 Å². The van der Waals surface area contributed by atoms with Gasteiger partial charge in [0, 0.05) is 27.3 Å². The van der Waals surface area contributed by atoms with Crippen molar-refractivity contribution in [1.82, 2.24) is 10.2 Å². The predicted molar refractivity (Wildman–Crippen MR) is 97.7 cm³/mol. The van der Waals surface area contributed by atoms with Crippen molar-refractivity contribution in [3.05, 3.63) is 85.7 Å². The molecular formula is C19H12ClN3O3. The number of phenolic OH excluding ortho intramolecular Hbond substituents is 1. The second kappa shape index (κ2) is 5.12. The number of aromatic nitrogens is 2. The summed E-state index contributed by atoms with van der Waals surface area (Å²) in [5.74, 6) is -0.445. The normalized spacial score (nSPS) is 17.6. The fraction of sp³-hybridized carbons (Fsp3) is 0.0526. The van der Waals surface area contributed by atoms with Crippen LogP contribution in [0.15, 0.2) is 52.8 Å². The molecule has 2 aromatic carbocycles. The largest absolute Gasteiger partial charge is 0.508 e. The maximum Gasteiger partial charge on any atom is 0.270 e. The fourth-order valence-electron chi connectivity index (χ4n) is 3.79. The van der Waals surface area contributed by atoms with Gasteiger partial charge in [0.1, 0.15) is 11.6 Å². The third-order valence-electron chi connectivity index (χ3n) is 4.90. The Kier molecular flexibility index (Phi) is 2.96. The van der Waals surface area contributed by atoms with Crippen molar-refractivity contribution < 1.29 is 9.90 Å². The van der Waals surface area contributed by atoms with Gasteiger partial charge in [-0.15, -0.1) is 0 Å². The lowest BCUT2D eigenvalue weighted by atomic mass is 9.81. The highest BCUT2D eigenvalue weighted by Crippen LogP contribution is 2.49. The molecule has 0 saturated carbocycles. The molecule has 0 fully saturated rings. The zero-order valence-corrected chi connectivity index (χ0v) is 14.0. The zero-order valence-electron chi connectivity index (χ0n) is 13.3. The Bertz CT molecular complexity index is 1190. The highest BCUT2D eigenvalue weighted by Gasteiger charge is 2.42. The molecule has 2 heterocycles. The summed E-state index contributed by atoms with van der Waals surface area (Å²) in [5, 5.41) is 19.4. The smallest absolute Gasteiger partial charge is 0.270 e. The van der Waals surface area contributed by atoms with Gasteiger partial charge in [-0.1, -0.05) is 35.9 Å². The van der Waals surface area contributed by atoms with Gasteiger partial charge in [0.2, 0.25) is 0 Å². The molecule has 1 unspecified atom stereocenters. The molecule has 26 heavy (non-hydrogen) atoms. The summed E-state index contributed by atoms with van der Waals surface area (Å²) < 4.78 is 0. The maximum atomic E-state index is 13.1. The van der Waals surface area contributed by atoms with Crippen molar-refractivity contribution in [2.24, 2.45) is 0 Å². The lowest BCUT2D eigenvalue weighted by Gasteiger charge is -2.25. The lowest BCUT2D eigenvalue weighted by molar-refractivity contribution is 0.103. The highest BCUT2D eigenvalue weighted by atomic mass is 35.5. The van der Waals surface area contributed by atoms with Crippen molar-refractivity contribution in [2.45, 2.75) is 5.92 Å². The van der Waals surface area contributed by atoms with Crippen LogP contribution in [0.5, 0.6) is 5.75 Å². The fourth-order valence-corrected chi connectivity index (χ4v) is 3.97. The SMILES string of the molecule is O=C1C2=C(Nc3[nH][nH]c(=O)c3C2c2cc(Cl)ccc2O)c2ccccc21. The first-order valence-corrected chi connectivity index (χ1v) is 8.38. The summed E-state index contributed by atoms with van der Waals surface area (Å²) in [4.78, 5) is 25.6. The molecule has 3 aromatic rings. The summed E-state index contributed by atoms with van der Waals surface area (Å²) in [5.41, 5.74) is 2.82. The third-order valence-corrected chi connectivity index (χ3v) is 5.13. The molecule has 0 radical (unpaired) electrons. The number of hydrogen-bond acceptors (Lipinski definition) is 4. The van der Waals surface area contributed by atoms with Gasteiger partial charge in [-0.2, -0.15) is 0 Å². The standard InChI is InChI=1S/C19H12ClN3O3/c20-8-5-6-12(24)11(7-8)13-14-16(21-18-15(13)19(26)23-22-18)9-3-1-2-4-10(9)17(14)25/h1-7,13,24H,(H3,21,22,23,26). The Morgan fingerprint density at radius 2 is 1.77 bits per heavy atom. The average molecular weight is 366 g/mol. The molecule has 128 valence electrons. The van der Waals surface area contributed by atoms with E-state index in [9.17, 15) is 14.7 Å². The lowest BCUT2D eigenvalue weighted by Crippen LogP contribution is -2.23. The van der Waals surface area contributed by atoms with Gasteiger partial charge >= 0.3 is 0 Å². The molecule has 1 aliphatic carbocycles. The first kappa shape index (κ1) is 15.0. The summed E-state index contributed by atoms with van der Waals surface area (Å²) in [6.07, 6.45) is 0. The molecule has 0 bridgehead atoms. The maximum absolute atomic E-state index is 13.1. The van der Waals surface area contributed by atoms with Crippen molar-refractivity contribution in [3.8, 4) is 5.75 Å².